The summed E-state index contributed by atoms with van der Waals surface area (Å²) in [5.74, 6) is 1.91. The standard InChI is InChI=1S/C35H45N9O4S/c1-6-7-9-23-30(42-48-32(23)22-10-8-11-26-29(22)24(19-36)33(37)49-26)34-39-27(44-16-13-25(41-44)35(45)38-14-17-46-5)18-28(40-34)47-21(3)31-20(2)12-15-43(31)4/h13,16,18,20-22,31H,6-12,14-15,17,37H2,1-5H3,(H,38,45)/t20-,21-,22-,31-/m0/s1. The first-order valence-electron chi connectivity index (χ1n) is 17.1. The fourth-order valence-electron chi connectivity index (χ4n) is 7.29. The van der Waals surface area contributed by atoms with E-state index >= 15 is 0 Å². The molecule has 0 spiro atoms. The number of nitrogen functional groups attached to an aromatic ring is 1. The summed E-state index contributed by atoms with van der Waals surface area (Å²) >= 11 is 1.50. The zero-order valence-electron chi connectivity index (χ0n) is 28.9. The van der Waals surface area contributed by atoms with E-state index in [0.717, 1.165) is 66.8 Å². The number of aryl methyl sites for hydroxylation is 1. The summed E-state index contributed by atoms with van der Waals surface area (Å²) in [6, 6.07) is 5.95. The molecule has 4 aromatic rings. The lowest BCUT2D eigenvalue weighted by atomic mass is 9.81. The monoisotopic (exact) mass is 687 g/mol. The van der Waals surface area contributed by atoms with Crippen LogP contribution in [0.3, 0.4) is 0 Å². The molecule has 0 bridgehead atoms. The lowest BCUT2D eigenvalue weighted by molar-refractivity contribution is 0.0931. The molecule has 49 heavy (non-hydrogen) atoms. The Labute approximate surface area is 290 Å². The Bertz CT molecular complexity index is 1820. The van der Waals surface area contributed by atoms with Crippen LogP contribution in [-0.4, -0.2) is 81.7 Å². The van der Waals surface area contributed by atoms with Crippen molar-refractivity contribution in [1.29, 1.82) is 5.26 Å². The number of amides is 1. The lowest BCUT2D eigenvalue weighted by Crippen LogP contribution is -2.41. The van der Waals surface area contributed by atoms with Gasteiger partial charge in [-0.05, 0) is 76.6 Å². The molecule has 4 aromatic heterocycles. The molecule has 0 aromatic carbocycles. The Morgan fingerprint density at radius 1 is 1.33 bits per heavy atom. The molecule has 2 aliphatic rings. The number of nitriles is 1. The van der Waals surface area contributed by atoms with Crippen LogP contribution < -0.4 is 15.8 Å². The highest BCUT2D eigenvalue weighted by Crippen LogP contribution is 2.47. The number of likely N-dealkylation sites (N-methyl/N-ethyl adjacent to an activating group) is 1. The maximum absolute atomic E-state index is 12.8. The second-order valence-corrected chi connectivity index (χ2v) is 14.2. The molecule has 1 saturated heterocycles. The number of hydrogen-bond donors (Lipinski definition) is 2. The van der Waals surface area contributed by atoms with E-state index in [-0.39, 0.29) is 29.7 Å². The summed E-state index contributed by atoms with van der Waals surface area (Å²) in [4.78, 5) is 26.1. The highest BCUT2D eigenvalue weighted by Gasteiger charge is 2.36. The van der Waals surface area contributed by atoms with Gasteiger partial charge < -0.3 is 25.0 Å². The molecule has 1 aliphatic carbocycles. The third-order valence-corrected chi connectivity index (χ3v) is 10.8. The highest BCUT2D eigenvalue weighted by molar-refractivity contribution is 7.16. The van der Waals surface area contributed by atoms with Crippen molar-refractivity contribution < 1.29 is 18.8 Å². The van der Waals surface area contributed by atoms with E-state index in [2.05, 4.69) is 54.4 Å². The Morgan fingerprint density at radius 3 is 2.90 bits per heavy atom. The summed E-state index contributed by atoms with van der Waals surface area (Å²) in [7, 11) is 3.71. The largest absolute Gasteiger partial charge is 0.473 e. The first kappa shape index (κ1) is 34.5. The number of fused-ring (bicyclic) bond motifs is 1. The Kier molecular flexibility index (Phi) is 10.6. The second kappa shape index (κ2) is 15.1. The molecule has 1 fully saturated rings. The molecule has 6 rings (SSSR count). The van der Waals surface area contributed by atoms with Crippen molar-refractivity contribution in [2.45, 2.75) is 83.8 Å². The molecule has 0 saturated carbocycles. The van der Waals surface area contributed by atoms with Crippen LogP contribution in [0, 0.1) is 17.2 Å². The lowest BCUT2D eigenvalue weighted by Gasteiger charge is -2.29. The number of carbonyl (C=O) groups excluding carboxylic acids is 1. The Morgan fingerprint density at radius 2 is 2.16 bits per heavy atom. The first-order chi connectivity index (χ1) is 23.7. The topological polar surface area (TPSA) is 170 Å². The highest BCUT2D eigenvalue weighted by atomic mass is 32.1. The molecule has 1 aliphatic heterocycles. The van der Waals surface area contributed by atoms with Gasteiger partial charge in [-0.2, -0.15) is 15.3 Å². The van der Waals surface area contributed by atoms with E-state index in [1.807, 2.05) is 0 Å². The number of likely N-dealkylation sites (tertiary alicyclic amines) is 1. The number of carbonyl (C=O) groups is 1. The van der Waals surface area contributed by atoms with Crippen LogP contribution in [0.25, 0.3) is 17.3 Å². The van der Waals surface area contributed by atoms with Gasteiger partial charge in [-0.1, -0.05) is 25.4 Å². The maximum Gasteiger partial charge on any atom is 0.271 e. The van der Waals surface area contributed by atoms with E-state index in [9.17, 15) is 10.1 Å². The summed E-state index contributed by atoms with van der Waals surface area (Å²) < 4.78 is 19.4. The number of ether oxygens (including phenoxy) is 2. The molecule has 14 heteroatoms. The predicted molar refractivity (Wildman–Crippen MR) is 186 cm³/mol. The minimum absolute atomic E-state index is 0.135. The normalized spacial score (nSPS) is 19.8. The fourth-order valence-corrected chi connectivity index (χ4v) is 8.41. The van der Waals surface area contributed by atoms with Crippen LogP contribution in [0.1, 0.15) is 96.6 Å². The number of rotatable bonds is 13. The smallest absolute Gasteiger partial charge is 0.271 e. The number of methoxy groups -OCH3 is 1. The average Bonchev–Trinajstić information content (AvgIpc) is 3.88. The molecule has 4 atom stereocenters. The molecule has 0 unspecified atom stereocenters. The SMILES string of the molecule is CCCCc1c(-c2nc(O[C@@H](C)[C@@H]3[C@@H](C)CCN3C)cc(-n3ccc(C(=O)NCCOC)n3)n2)noc1[C@H]1CCCc2sc(N)c(C#N)c21. The Balaban J connectivity index is 1.42. The number of nitrogens with one attached hydrogen (secondary N) is 1. The van der Waals surface area contributed by atoms with E-state index in [1.54, 1.807) is 30.1 Å². The minimum atomic E-state index is -0.311. The van der Waals surface area contributed by atoms with E-state index in [0.29, 0.717) is 59.3 Å². The van der Waals surface area contributed by atoms with E-state index in [4.69, 9.17) is 29.7 Å². The van der Waals surface area contributed by atoms with Crippen LogP contribution >= 0.6 is 11.3 Å². The fraction of sp³-hybridized carbons (Fsp3) is 0.543. The van der Waals surface area contributed by atoms with Gasteiger partial charge in [-0.3, -0.25) is 9.69 Å². The van der Waals surface area contributed by atoms with Gasteiger partial charge in [-0.25, -0.2) is 9.67 Å². The van der Waals surface area contributed by atoms with Crippen LogP contribution in [0.4, 0.5) is 5.00 Å². The molecule has 5 heterocycles. The van der Waals surface area contributed by atoms with Crippen LogP contribution in [0.15, 0.2) is 22.9 Å². The molecule has 13 nitrogen and oxygen atoms in total. The third-order valence-electron chi connectivity index (χ3n) is 9.69. The number of nitrogens with two attached hydrogens (primary N) is 1. The van der Waals surface area contributed by atoms with Gasteiger partial charge in [0, 0.05) is 48.3 Å². The first-order valence-corrected chi connectivity index (χ1v) is 17.9. The summed E-state index contributed by atoms with van der Waals surface area (Å²) in [5.41, 5.74) is 9.51. The van der Waals surface area contributed by atoms with Crippen molar-refractivity contribution in [1.82, 2.24) is 35.1 Å². The van der Waals surface area contributed by atoms with Crippen molar-refractivity contribution >= 4 is 22.2 Å². The second-order valence-electron chi connectivity index (χ2n) is 13.1. The number of thiophene rings is 1. The molecule has 1 amide bonds. The quantitative estimate of drug-likeness (QED) is 0.179. The molecule has 0 radical (unpaired) electrons. The van der Waals surface area contributed by atoms with Gasteiger partial charge in [0.15, 0.2) is 23.0 Å². The zero-order chi connectivity index (χ0) is 34.7. The summed E-state index contributed by atoms with van der Waals surface area (Å²) in [6.07, 6.45) is 7.90. The number of unbranched alkanes of at least 4 members (excludes halogenated alkanes) is 1. The van der Waals surface area contributed by atoms with Crippen molar-refractivity contribution in [2.75, 3.05) is 39.6 Å². The summed E-state index contributed by atoms with van der Waals surface area (Å²) in [5, 5.41) is 22.5. The van der Waals surface area contributed by atoms with Crippen molar-refractivity contribution in [3.8, 4) is 29.3 Å². The van der Waals surface area contributed by atoms with Crippen LogP contribution in [-0.2, 0) is 17.6 Å². The van der Waals surface area contributed by atoms with Gasteiger partial charge in [0.05, 0.1) is 12.2 Å². The van der Waals surface area contributed by atoms with Crippen molar-refractivity contribution in [3.63, 3.8) is 0 Å². The molecular weight excluding hydrogens is 643 g/mol. The summed E-state index contributed by atoms with van der Waals surface area (Å²) in [6.45, 7) is 8.24. The van der Waals surface area contributed by atoms with Gasteiger partial charge in [0.25, 0.3) is 5.91 Å². The van der Waals surface area contributed by atoms with Gasteiger partial charge in [-0.15, -0.1) is 11.3 Å². The molecule has 260 valence electrons. The van der Waals surface area contributed by atoms with E-state index < -0.39 is 0 Å². The van der Waals surface area contributed by atoms with Crippen molar-refractivity contribution in [2.24, 2.45) is 5.92 Å². The number of anilines is 1. The average molecular weight is 688 g/mol. The predicted octanol–water partition coefficient (Wildman–Crippen LogP) is 5.13. The van der Waals surface area contributed by atoms with Gasteiger partial charge in [0.1, 0.15) is 22.9 Å². The minimum Gasteiger partial charge on any atom is -0.473 e. The third kappa shape index (κ3) is 7.06. The zero-order valence-corrected chi connectivity index (χ0v) is 29.7. The number of aromatic nitrogens is 5. The van der Waals surface area contributed by atoms with Gasteiger partial charge >= 0.3 is 0 Å². The van der Waals surface area contributed by atoms with Crippen LogP contribution in [0.5, 0.6) is 5.88 Å². The number of nitrogens with zero attached hydrogens (tertiary/aromatic N) is 7. The maximum atomic E-state index is 12.8. The Hall–Kier alpha value is -4.32. The van der Waals surface area contributed by atoms with E-state index in [1.165, 1.54) is 11.3 Å². The van der Waals surface area contributed by atoms with Crippen molar-refractivity contribution in [3.05, 3.63) is 51.4 Å². The molecule has 3 N–H and O–H groups in total. The van der Waals surface area contributed by atoms with Crippen LogP contribution in [0.2, 0.25) is 0 Å². The molecular formula is C35H45N9O4S. The number of hydrogen-bond acceptors (Lipinski definition) is 12. The van der Waals surface area contributed by atoms with Gasteiger partial charge in [0.2, 0.25) is 5.88 Å².